The fourth-order valence-corrected chi connectivity index (χ4v) is 6.56. The third-order valence-electron chi connectivity index (χ3n) is 7.33. The molecule has 5 aliphatic rings. The summed E-state index contributed by atoms with van der Waals surface area (Å²) in [5.74, 6) is 3.32. The first kappa shape index (κ1) is 17.4. The van der Waals surface area contributed by atoms with E-state index in [2.05, 4.69) is 19.2 Å². The number of hydrogen-bond donors (Lipinski definition) is 1. The summed E-state index contributed by atoms with van der Waals surface area (Å²) < 4.78 is 0. The van der Waals surface area contributed by atoms with E-state index in [1.807, 2.05) is 4.90 Å². The van der Waals surface area contributed by atoms with Crippen molar-refractivity contribution in [3.05, 3.63) is 0 Å². The van der Waals surface area contributed by atoms with Crippen molar-refractivity contribution in [2.24, 2.45) is 29.1 Å². The van der Waals surface area contributed by atoms with Crippen LogP contribution in [0.25, 0.3) is 0 Å². The lowest BCUT2D eigenvalue weighted by atomic mass is 9.49. The van der Waals surface area contributed by atoms with Gasteiger partial charge in [0, 0.05) is 13.1 Å². The maximum atomic E-state index is 13.5. The molecule has 1 heterocycles. The molecule has 0 spiro atoms. The number of rotatable bonds is 5. The molecule has 1 saturated heterocycles. The van der Waals surface area contributed by atoms with Gasteiger partial charge in [0.1, 0.15) is 6.04 Å². The molecule has 5 rings (SSSR count). The minimum absolute atomic E-state index is 0.0798. The number of nitrogens with one attached hydrogen (secondary N) is 1. The molecule has 1 aliphatic heterocycles. The van der Waals surface area contributed by atoms with Crippen molar-refractivity contribution in [2.45, 2.75) is 77.7 Å². The van der Waals surface area contributed by atoms with Crippen LogP contribution in [0.4, 0.5) is 0 Å². The van der Waals surface area contributed by atoms with Gasteiger partial charge in [0.25, 0.3) is 0 Å². The van der Waals surface area contributed by atoms with Crippen LogP contribution in [0.5, 0.6) is 0 Å². The molecule has 5 fully saturated rings. The third kappa shape index (κ3) is 3.21. The Morgan fingerprint density at radius 2 is 1.68 bits per heavy atom. The Morgan fingerprint density at radius 3 is 2.24 bits per heavy atom. The maximum Gasteiger partial charge on any atom is 0.242 e. The standard InChI is InChI=1S/C21H34N2O2/c1-14(2)5-6-22-19(24)18-4-3-7-23(18)20(25)21-11-15-8-16(12-21)10-17(9-15)13-21/h14-18H,3-13H2,1-2H3,(H,22,24). The summed E-state index contributed by atoms with van der Waals surface area (Å²) in [5, 5.41) is 3.08. The second-order valence-electron chi connectivity index (χ2n) is 9.83. The highest BCUT2D eigenvalue weighted by Crippen LogP contribution is 2.60. The molecule has 0 aromatic rings. The average Bonchev–Trinajstić information content (AvgIpc) is 3.01. The zero-order valence-corrected chi connectivity index (χ0v) is 15.9. The molecular formula is C21H34N2O2. The zero-order valence-electron chi connectivity index (χ0n) is 15.9. The number of amides is 2. The Hall–Kier alpha value is -1.06. The molecule has 25 heavy (non-hydrogen) atoms. The van der Waals surface area contributed by atoms with E-state index in [4.69, 9.17) is 0 Å². The van der Waals surface area contributed by atoms with Crippen LogP contribution >= 0.6 is 0 Å². The van der Waals surface area contributed by atoms with Crippen molar-refractivity contribution in [3.63, 3.8) is 0 Å². The van der Waals surface area contributed by atoms with Gasteiger partial charge in [-0.15, -0.1) is 0 Å². The monoisotopic (exact) mass is 346 g/mol. The molecule has 4 heteroatoms. The Bertz CT molecular complexity index is 507. The molecule has 0 aromatic heterocycles. The molecule has 1 N–H and O–H groups in total. The quantitative estimate of drug-likeness (QED) is 0.830. The molecule has 4 aliphatic carbocycles. The van der Waals surface area contributed by atoms with Gasteiger partial charge in [-0.3, -0.25) is 9.59 Å². The molecule has 0 radical (unpaired) electrons. The largest absolute Gasteiger partial charge is 0.354 e. The summed E-state index contributed by atoms with van der Waals surface area (Å²) in [6.07, 6.45) is 10.2. The molecule has 1 atom stereocenters. The summed E-state index contributed by atoms with van der Waals surface area (Å²) in [7, 11) is 0. The lowest BCUT2D eigenvalue weighted by Gasteiger charge is -2.56. The van der Waals surface area contributed by atoms with E-state index in [1.54, 1.807) is 0 Å². The van der Waals surface area contributed by atoms with Gasteiger partial charge in [-0.2, -0.15) is 0 Å². The van der Waals surface area contributed by atoms with Gasteiger partial charge in [-0.25, -0.2) is 0 Å². The normalized spacial score (nSPS) is 39.2. The number of carbonyl (C=O) groups excluding carboxylic acids is 2. The van der Waals surface area contributed by atoms with Crippen molar-refractivity contribution in [1.29, 1.82) is 0 Å². The van der Waals surface area contributed by atoms with Crippen molar-refractivity contribution in [1.82, 2.24) is 10.2 Å². The van der Waals surface area contributed by atoms with Gasteiger partial charge in [0.05, 0.1) is 5.41 Å². The molecule has 4 saturated carbocycles. The van der Waals surface area contributed by atoms with Crippen LogP contribution in [0.3, 0.4) is 0 Å². The van der Waals surface area contributed by atoms with E-state index < -0.39 is 0 Å². The fourth-order valence-electron chi connectivity index (χ4n) is 6.56. The van der Waals surface area contributed by atoms with E-state index in [1.165, 1.54) is 19.3 Å². The van der Waals surface area contributed by atoms with E-state index in [-0.39, 0.29) is 17.4 Å². The first-order valence-corrected chi connectivity index (χ1v) is 10.6. The van der Waals surface area contributed by atoms with E-state index >= 15 is 0 Å². The fraction of sp³-hybridized carbons (Fsp3) is 0.905. The SMILES string of the molecule is CC(C)CCNC(=O)C1CCCN1C(=O)C12CC3CC(CC(C3)C1)C2. The number of nitrogens with zero attached hydrogens (tertiary/aromatic N) is 1. The van der Waals surface area contributed by atoms with Crippen LogP contribution in [-0.4, -0.2) is 35.8 Å². The van der Waals surface area contributed by atoms with Gasteiger partial charge in [-0.05, 0) is 81.5 Å². The van der Waals surface area contributed by atoms with Crippen LogP contribution in [0.15, 0.2) is 0 Å². The summed E-state index contributed by atoms with van der Waals surface area (Å²) in [6.45, 7) is 5.85. The summed E-state index contributed by atoms with van der Waals surface area (Å²) in [5.41, 5.74) is -0.116. The predicted octanol–water partition coefficient (Wildman–Crippen LogP) is 3.36. The lowest BCUT2D eigenvalue weighted by Crippen LogP contribution is -2.57. The second-order valence-corrected chi connectivity index (χ2v) is 9.83. The van der Waals surface area contributed by atoms with Crippen LogP contribution < -0.4 is 5.32 Å². The Labute approximate surface area is 152 Å². The van der Waals surface area contributed by atoms with E-state index in [0.29, 0.717) is 11.8 Å². The third-order valence-corrected chi connectivity index (χ3v) is 7.33. The van der Waals surface area contributed by atoms with Crippen molar-refractivity contribution < 1.29 is 9.59 Å². The van der Waals surface area contributed by atoms with Crippen LogP contribution in [0.2, 0.25) is 0 Å². The highest BCUT2D eigenvalue weighted by atomic mass is 16.2. The first-order valence-electron chi connectivity index (χ1n) is 10.6. The number of carbonyl (C=O) groups is 2. The van der Waals surface area contributed by atoms with Gasteiger partial charge in [-0.1, -0.05) is 13.8 Å². The van der Waals surface area contributed by atoms with Gasteiger partial charge in [0.15, 0.2) is 0 Å². The smallest absolute Gasteiger partial charge is 0.242 e. The van der Waals surface area contributed by atoms with Gasteiger partial charge < -0.3 is 10.2 Å². The number of likely N-dealkylation sites (tertiary alicyclic amines) is 1. The van der Waals surface area contributed by atoms with E-state index in [0.717, 1.165) is 69.4 Å². The van der Waals surface area contributed by atoms with Gasteiger partial charge >= 0.3 is 0 Å². The van der Waals surface area contributed by atoms with Crippen molar-refractivity contribution >= 4 is 11.8 Å². The predicted molar refractivity (Wildman–Crippen MR) is 97.8 cm³/mol. The first-order chi connectivity index (χ1) is 12.0. The average molecular weight is 347 g/mol. The second kappa shape index (κ2) is 6.59. The minimum Gasteiger partial charge on any atom is -0.354 e. The Balaban J connectivity index is 1.43. The van der Waals surface area contributed by atoms with Gasteiger partial charge in [0.2, 0.25) is 11.8 Å². The Morgan fingerprint density at radius 1 is 1.08 bits per heavy atom. The zero-order chi connectivity index (χ0) is 17.6. The summed E-state index contributed by atoms with van der Waals surface area (Å²) in [4.78, 5) is 28.2. The summed E-state index contributed by atoms with van der Waals surface area (Å²) in [6, 6.07) is -0.215. The molecule has 140 valence electrons. The molecule has 1 unspecified atom stereocenters. The molecule has 4 nitrogen and oxygen atoms in total. The summed E-state index contributed by atoms with van der Waals surface area (Å²) >= 11 is 0. The molecule has 2 amide bonds. The maximum absolute atomic E-state index is 13.5. The topological polar surface area (TPSA) is 49.4 Å². The highest BCUT2D eigenvalue weighted by Gasteiger charge is 2.56. The Kier molecular flexibility index (Phi) is 4.57. The van der Waals surface area contributed by atoms with Crippen LogP contribution in [0, 0.1) is 29.1 Å². The minimum atomic E-state index is -0.215. The number of hydrogen-bond acceptors (Lipinski definition) is 2. The van der Waals surface area contributed by atoms with Crippen LogP contribution in [-0.2, 0) is 9.59 Å². The lowest BCUT2D eigenvalue weighted by molar-refractivity contribution is -0.160. The van der Waals surface area contributed by atoms with E-state index in [9.17, 15) is 9.59 Å². The molecule has 0 aromatic carbocycles. The van der Waals surface area contributed by atoms with Crippen LogP contribution in [0.1, 0.15) is 71.6 Å². The molecule has 4 bridgehead atoms. The molecular weight excluding hydrogens is 312 g/mol. The van der Waals surface area contributed by atoms with Crippen molar-refractivity contribution in [2.75, 3.05) is 13.1 Å². The van der Waals surface area contributed by atoms with Crippen molar-refractivity contribution in [3.8, 4) is 0 Å². The highest BCUT2D eigenvalue weighted by molar-refractivity contribution is 5.91.